The van der Waals surface area contributed by atoms with Crippen LogP contribution in [0, 0.1) is 0 Å². The molecule has 2 unspecified atom stereocenters. The first-order valence-electron chi connectivity index (χ1n) is 8.07. The SMILES string of the molecule is CCCNC(CS(=O)CCC)c1ccc(C(C)(C)C)cc1. The molecule has 0 aromatic heterocycles. The Balaban J connectivity index is 2.84. The van der Waals surface area contributed by atoms with E-state index in [1.54, 1.807) is 0 Å². The molecule has 0 spiro atoms. The van der Waals surface area contributed by atoms with Crippen LogP contribution in [0.1, 0.15) is 64.6 Å². The zero-order chi connectivity index (χ0) is 15.9. The first-order valence-corrected chi connectivity index (χ1v) is 9.56. The van der Waals surface area contributed by atoms with E-state index < -0.39 is 10.8 Å². The average Bonchev–Trinajstić information content (AvgIpc) is 2.43. The minimum atomic E-state index is -0.739. The van der Waals surface area contributed by atoms with Crippen LogP contribution in [0.4, 0.5) is 0 Å². The van der Waals surface area contributed by atoms with Gasteiger partial charge < -0.3 is 5.32 Å². The summed E-state index contributed by atoms with van der Waals surface area (Å²) in [5.41, 5.74) is 2.77. The predicted molar refractivity (Wildman–Crippen MR) is 94.3 cm³/mol. The Bertz CT molecular complexity index is 434. The van der Waals surface area contributed by atoms with Crippen molar-refractivity contribution >= 4 is 10.8 Å². The summed E-state index contributed by atoms with van der Waals surface area (Å²) in [6.45, 7) is 11.9. The second kappa shape index (κ2) is 8.70. The Morgan fingerprint density at radius 1 is 1.10 bits per heavy atom. The maximum absolute atomic E-state index is 12.1. The lowest BCUT2D eigenvalue weighted by molar-refractivity contribution is 0.565. The molecular weight excluding hydrogens is 278 g/mol. The third kappa shape index (κ3) is 6.31. The molecule has 1 N–H and O–H groups in total. The molecule has 120 valence electrons. The summed E-state index contributed by atoms with van der Waals surface area (Å²) in [6.07, 6.45) is 2.08. The van der Waals surface area contributed by atoms with E-state index in [1.165, 1.54) is 11.1 Å². The van der Waals surface area contributed by atoms with Gasteiger partial charge in [0.1, 0.15) is 0 Å². The van der Waals surface area contributed by atoms with Crippen molar-refractivity contribution in [2.24, 2.45) is 0 Å². The van der Waals surface area contributed by atoms with Gasteiger partial charge in [0.25, 0.3) is 0 Å². The predicted octanol–water partition coefficient (Wildman–Crippen LogP) is 4.18. The zero-order valence-corrected chi connectivity index (χ0v) is 15.1. The summed E-state index contributed by atoms with van der Waals surface area (Å²) < 4.78 is 12.1. The molecule has 0 saturated carbocycles. The molecule has 0 fully saturated rings. The van der Waals surface area contributed by atoms with Gasteiger partial charge in [0.15, 0.2) is 0 Å². The summed E-state index contributed by atoms with van der Waals surface area (Å²) in [5, 5.41) is 3.54. The molecule has 0 radical (unpaired) electrons. The fourth-order valence-electron chi connectivity index (χ4n) is 2.30. The maximum atomic E-state index is 12.1. The van der Waals surface area contributed by atoms with Crippen molar-refractivity contribution in [1.82, 2.24) is 5.32 Å². The number of hydrogen-bond donors (Lipinski definition) is 1. The van der Waals surface area contributed by atoms with Crippen LogP contribution in [0.15, 0.2) is 24.3 Å². The average molecular weight is 310 g/mol. The van der Waals surface area contributed by atoms with Gasteiger partial charge in [-0.2, -0.15) is 0 Å². The van der Waals surface area contributed by atoms with Crippen LogP contribution in [0.2, 0.25) is 0 Å². The van der Waals surface area contributed by atoms with Crippen molar-refractivity contribution in [1.29, 1.82) is 0 Å². The minimum Gasteiger partial charge on any atom is -0.309 e. The molecule has 0 aliphatic heterocycles. The Morgan fingerprint density at radius 2 is 1.71 bits per heavy atom. The first-order chi connectivity index (χ1) is 9.88. The maximum Gasteiger partial charge on any atom is 0.0436 e. The molecular formula is C18H31NOS. The van der Waals surface area contributed by atoms with E-state index in [-0.39, 0.29) is 11.5 Å². The van der Waals surface area contributed by atoms with Crippen LogP contribution in [0.5, 0.6) is 0 Å². The van der Waals surface area contributed by atoms with Gasteiger partial charge in [-0.05, 0) is 35.9 Å². The highest BCUT2D eigenvalue weighted by Gasteiger charge is 2.17. The van der Waals surface area contributed by atoms with Gasteiger partial charge in [-0.1, -0.05) is 58.9 Å². The van der Waals surface area contributed by atoms with Crippen molar-refractivity contribution in [3.63, 3.8) is 0 Å². The normalized spacial score (nSPS) is 14.9. The van der Waals surface area contributed by atoms with Crippen LogP contribution in [0.3, 0.4) is 0 Å². The molecule has 1 rings (SSSR count). The number of nitrogens with one attached hydrogen (secondary N) is 1. The Labute approximate surface area is 133 Å². The van der Waals surface area contributed by atoms with Crippen molar-refractivity contribution in [3.8, 4) is 0 Å². The quantitative estimate of drug-likeness (QED) is 0.780. The number of rotatable bonds is 8. The zero-order valence-electron chi connectivity index (χ0n) is 14.2. The highest BCUT2D eigenvalue weighted by molar-refractivity contribution is 7.85. The first kappa shape index (κ1) is 18.4. The monoisotopic (exact) mass is 309 g/mol. The number of hydrogen-bond acceptors (Lipinski definition) is 2. The standard InChI is InChI=1S/C18H31NOS/c1-6-12-19-17(14-21(20)13-7-2)15-8-10-16(11-9-15)18(3,4)5/h8-11,17,19H,6-7,12-14H2,1-5H3. The third-order valence-corrected chi connectivity index (χ3v) is 5.17. The molecule has 2 nitrogen and oxygen atoms in total. The molecule has 1 aromatic carbocycles. The van der Waals surface area contributed by atoms with Crippen molar-refractivity contribution in [3.05, 3.63) is 35.4 Å². The highest BCUT2D eigenvalue weighted by Crippen LogP contribution is 2.24. The fraction of sp³-hybridized carbons (Fsp3) is 0.667. The van der Waals surface area contributed by atoms with Crippen molar-refractivity contribution in [2.45, 2.75) is 58.9 Å². The second-order valence-corrected chi connectivity index (χ2v) is 8.31. The van der Waals surface area contributed by atoms with E-state index in [0.29, 0.717) is 5.75 Å². The molecule has 0 heterocycles. The summed E-state index contributed by atoms with van der Waals surface area (Å²) in [4.78, 5) is 0. The summed E-state index contributed by atoms with van der Waals surface area (Å²) in [6, 6.07) is 9.00. The minimum absolute atomic E-state index is 0.176. The summed E-state index contributed by atoms with van der Waals surface area (Å²) in [7, 11) is -0.739. The second-order valence-electron chi connectivity index (χ2n) is 6.69. The van der Waals surface area contributed by atoms with Gasteiger partial charge in [0, 0.05) is 28.3 Å². The van der Waals surface area contributed by atoms with Crippen LogP contribution in [0.25, 0.3) is 0 Å². The largest absolute Gasteiger partial charge is 0.309 e. The van der Waals surface area contributed by atoms with Crippen LogP contribution in [-0.2, 0) is 16.2 Å². The molecule has 0 amide bonds. The van der Waals surface area contributed by atoms with Crippen LogP contribution in [-0.4, -0.2) is 22.3 Å². The fourth-order valence-corrected chi connectivity index (χ4v) is 3.61. The van der Waals surface area contributed by atoms with Gasteiger partial charge in [0.05, 0.1) is 0 Å². The smallest absolute Gasteiger partial charge is 0.0436 e. The van der Waals surface area contributed by atoms with E-state index in [9.17, 15) is 4.21 Å². The van der Waals surface area contributed by atoms with Crippen LogP contribution >= 0.6 is 0 Å². The van der Waals surface area contributed by atoms with E-state index in [2.05, 4.69) is 64.2 Å². The lowest BCUT2D eigenvalue weighted by atomic mass is 9.86. The Morgan fingerprint density at radius 3 is 2.19 bits per heavy atom. The van der Waals surface area contributed by atoms with Crippen molar-refractivity contribution in [2.75, 3.05) is 18.1 Å². The molecule has 0 aliphatic carbocycles. The van der Waals surface area contributed by atoms with Gasteiger partial charge in [-0.15, -0.1) is 0 Å². The molecule has 21 heavy (non-hydrogen) atoms. The van der Waals surface area contributed by atoms with E-state index in [0.717, 1.165) is 25.1 Å². The molecule has 0 aliphatic rings. The van der Waals surface area contributed by atoms with E-state index >= 15 is 0 Å². The topological polar surface area (TPSA) is 29.1 Å². The van der Waals surface area contributed by atoms with E-state index in [4.69, 9.17) is 0 Å². The van der Waals surface area contributed by atoms with Gasteiger partial charge in [-0.25, -0.2) is 0 Å². The summed E-state index contributed by atoms with van der Waals surface area (Å²) >= 11 is 0. The van der Waals surface area contributed by atoms with E-state index in [1.807, 2.05) is 0 Å². The molecule has 3 heteroatoms. The summed E-state index contributed by atoms with van der Waals surface area (Å²) in [5.74, 6) is 1.51. The van der Waals surface area contributed by atoms with Crippen molar-refractivity contribution < 1.29 is 4.21 Å². The number of benzene rings is 1. The Hall–Kier alpha value is -0.670. The molecule has 1 aromatic rings. The lowest BCUT2D eigenvalue weighted by Crippen LogP contribution is -2.27. The third-order valence-electron chi connectivity index (χ3n) is 3.60. The highest BCUT2D eigenvalue weighted by atomic mass is 32.2. The van der Waals surface area contributed by atoms with Gasteiger partial charge in [-0.3, -0.25) is 4.21 Å². The molecule has 0 bridgehead atoms. The van der Waals surface area contributed by atoms with Crippen LogP contribution < -0.4 is 5.32 Å². The van der Waals surface area contributed by atoms with Gasteiger partial charge in [0.2, 0.25) is 0 Å². The lowest BCUT2D eigenvalue weighted by Gasteiger charge is -2.22. The Kier molecular flexibility index (Phi) is 7.61. The molecule has 0 saturated heterocycles. The van der Waals surface area contributed by atoms with Gasteiger partial charge >= 0.3 is 0 Å². The molecule has 2 atom stereocenters.